The molecular formula is C14H17NO7S. The number of nitrogens with one attached hydrogen (secondary N) is 1. The van der Waals surface area contributed by atoms with Crippen molar-refractivity contribution in [1.29, 1.82) is 0 Å². The second kappa shape index (κ2) is 8.99. The standard InChI is InChI=1S/C12H14O6S.C2H3NO/c1-7(12(16)17)19-6-8(5-10(13)14)11(15)9-3-2-4-18-9;4-2-1-3-2/h2-4,7-8H,5-6H2,1H3,(H,13,14)(H,16,17);1H2,(H,3,4). The Morgan fingerprint density at radius 2 is 2.00 bits per heavy atom. The van der Waals surface area contributed by atoms with E-state index in [1.54, 1.807) is 0 Å². The van der Waals surface area contributed by atoms with Crippen LogP contribution in [0.5, 0.6) is 0 Å². The third-order valence-electron chi connectivity index (χ3n) is 2.77. The lowest BCUT2D eigenvalue weighted by atomic mass is 10.0. The van der Waals surface area contributed by atoms with Crippen LogP contribution in [0.25, 0.3) is 0 Å². The number of carbonyl (C=O) groups is 4. The summed E-state index contributed by atoms with van der Waals surface area (Å²) in [6, 6.07) is 3.00. The Labute approximate surface area is 136 Å². The second-order valence-electron chi connectivity index (χ2n) is 4.73. The molecule has 1 aliphatic rings. The summed E-state index contributed by atoms with van der Waals surface area (Å²) in [5.41, 5.74) is 0. The van der Waals surface area contributed by atoms with Gasteiger partial charge < -0.3 is 19.9 Å². The molecule has 1 aromatic heterocycles. The number of carboxylic acid groups (broad SMARTS) is 2. The van der Waals surface area contributed by atoms with Crippen LogP contribution in [0.2, 0.25) is 0 Å². The zero-order valence-corrected chi connectivity index (χ0v) is 13.2. The molecule has 1 fully saturated rings. The topological polar surface area (TPSA) is 144 Å². The molecule has 8 nitrogen and oxygen atoms in total. The van der Waals surface area contributed by atoms with Gasteiger partial charge in [-0.15, -0.1) is 11.8 Å². The number of aliphatic carboxylic acids is 2. The molecule has 2 unspecified atom stereocenters. The van der Waals surface area contributed by atoms with Gasteiger partial charge in [-0.2, -0.15) is 0 Å². The number of Topliss-reactive ketones (excluding diaryl/α,β-unsaturated/α-hetero) is 1. The van der Waals surface area contributed by atoms with Crippen molar-refractivity contribution in [2.45, 2.75) is 18.6 Å². The molecule has 2 rings (SSSR count). The van der Waals surface area contributed by atoms with Crippen LogP contribution in [-0.4, -0.2) is 51.4 Å². The summed E-state index contributed by atoms with van der Waals surface area (Å²) in [5, 5.41) is 19.3. The fourth-order valence-corrected chi connectivity index (χ4v) is 2.36. The van der Waals surface area contributed by atoms with E-state index in [1.165, 1.54) is 25.3 Å². The predicted octanol–water partition coefficient (Wildman–Crippen LogP) is 0.876. The smallest absolute Gasteiger partial charge is 0.316 e. The summed E-state index contributed by atoms with van der Waals surface area (Å²) >= 11 is 1.03. The van der Waals surface area contributed by atoms with Crippen LogP contribution in [0.1, 0.15) is 23.9 Å². The quantitative estimate of drug-likeness (QED) is 0.466. The first-order valence-electron chi connectivity index (χ1n) is 6.72. The molecule has 0 bridgehead atoms. The van der Waals surface area contributed by atoms with Gasteiger partial charge in [-0.05, 0) is 19.1 Å². The van der Waals surface area contributed by atoms with E-state index in [2.05, 4.69) is 5.32 Å². The highest BCUT2D eigenvalue weighted by Crippen LogP contribution is 2.21. The van der Waals surface area contributed by atoms with Crippen LogP contribution >= 0.6 is 11.8 Å². The molecule has 1 amide bonds. The molecule has 3 N–H and O–H groups in total. The van der Waals surface area contributed by atoms with Crippen molar-refractivity contribution < 1.29 is 33.8 Å². The lowest BCUT2D eigenvalue weighted by Crippen LogP contribution is -2.23. The van der Waals surface area contributed by atoms with E-state index in [-0.39, 0.29) is 23.8 Å². The van der Waals surface area contributed by atoms with Gasteiger partial charge >= 0.3 is 11.9 Å². The summed E-state index contributed by atoms with van der Waals surface area (Å²) in [4.78, 5) is 42.9. The average molecular weight is 343 g/mol. The van der Waals surface area contributed by atoms with Gasteiger partial charge in [-0.25, -0.2) is 0 Å². The van der Waals surface area contributed by atoms with E-state index < -0.39 is 28.9 Å². The van der Waals surface area contributed by atoms with Crippen molar-refractivity contribution in [3.8, 4) is 0 Å². The molecule has 0 radical (unpaired) electrons. The van der Waals surface area contributed by atoms with E-state index in [4.69, 9.17) is 14.6 Å². The van der Waals surface area contributed by atoms with Crippen molar-refractivity contribution in [3.63, 3.8) is 0 Å². The molecule has 2 heterocycles. The zero-order chi connectivity index (χ0) is 17.4. The van der Waals surface area contributed by atoms with Crippen LogP contribution in [0.4, 0.5) is 0 Å². The molecule has 2 atom stereocenters. The van der Waals surface area contributed by atoms with Crippen molar-refractivity contribution in [2.24, 2.45) is 5.92 Å². The number of carbonyl (C=O) groups excluding carboxylic acids is 2. The third kappa shape index (κ3) is 7.50. The third-order valence-corrected chi connectivity index (χ3v) is 4.07. The fourth-order valence-electron chi connectivity index (χ4n) is 1.43. The Balaban J connectivity index is 0.000000570. The van der Waals surface area contributed by atoms with Crippen LogP contribution < -0.4 is 5.32 Å². The summed E-state index contributed by atoms with van der Waals surface area (Å²) in [7, 11) is 0. The molecule has 0 spiro atoms. The van der Waals surface area contributed by atoms with E-state index >= 15 is 0 Å². The van der Waals surface area contributed by atoms with Crippen molar-refractivity contribution in [3.05, 3.63) is 24.2 Å². The maximum absolute atomic E-state index is 12.0. The molecule has 0 aromatic carbocycles. The minimum absolute atomic E-state index is 0.0924. The van der Waals surface area contributed by atoms with Crippen molar-refractivity contribution in [1.82, 2.24) is 5.32 Å². The molecule has 1 aliphatic heterocycles. The SMILES string of the molecule is CC(SCC(CC(=O)O)C(=O)c1ccco1)C(=O)O.O=C1CN1. The van der Waals surface area contributed by atoms with Gasteiger partial charge in [0.05, 0.1) is 24.5 Å². The lowest BCUT2D eigenvalue weighted by molar-refractivity contribution is -0.138. The molecule has 23 heavy (non-hydrogen) atoms. The van der Waals surface area contributed by atoms with Gasteiger partial charge in [0.1, 0.15) is 0 Å². The van der Waals surface area contributed by atoms with Crippen LogP contribution in [-0.2, 0) is 14.4 Å². The molecule has 1 aromatic rings. The van der Waals surface area contributed by atoms with Gasteiger partial charge in [-0.1, -0.05) is 0 Å². The highest BCUT2D eigenvalue weighted by molar-refractivity contribution is 8.00. The van der Waals surface area contributed by atoms with Crippen molar-refractivity contribution in [2.75, 3.05) is 12.3 Å². The largest absolute Gasteiger partial charge is 0.481 e. The van der Waals surface area contributed by atoms with E-state index in [1.807, 2.05) is 0 Å². The zero-order valence-electron chi connectivity index (χ0n) is 12.4. The Morgan fingerprint density at radius 3 is 2.39 bits per heavy atom. The molecule has 0 saturated carbocycles. The minimum atomic E-state index is -1.10. The number of hydrogen-bond acceptors (Lipinski definition) is 6. The Hall–Kier alpha value is -2.29. The minimum Gasteiger partial charge on any atom is -0.481 e. The van der Waals surface area contributed by atoms with Crippen LogP contribution in [0.15, 0.2) is 22.8 Å². The van der Waals surface area contributed by atoms with Crippen molar-refractivity contribution >= 4 is 35.4 Å². The number of furan rings is 1. The molecule has 9 heteroatoms. The maximum Gasteiger partial charge on any atom is 0.316 e. The number of amides is 1. The van der Waals surface area contributed by atoms with Gasteiger partial charge in [0, 0.05) is 11.7 Å². The summed E-state index contributed by atoms with van der Waals surface area (Å²) in [6.07, 6.45) is 0.983. The Morgan fingerprint density at radius 1 is 1.39 bits per heavy atom. The number of carboxylic acids is 2. The first kappa shape index (κ1) is 18.8. The van der Waals surface area contributed by atoms with Crippen LogP contribution in [0.3, 0.4) is 0 Å². The second-order valence-corrected chi connectivity index (χ2v) is 6.10. The predicted molar refractivity (Wildman–Crippen MR) is 81.3 cm³/mol. The van der Waals surface area contributed by atoms with Gasteiger partial charge in [0.25, 0.3) is 0 Å². The number of hydrogen-bond donors (Lipinski definition) is 3. The molecule has 1 saturated heterocycles. The number of thioether (sulfide) groups is 1. The first-order valence-corrected chi connectivity index (χ1v) is 7.76. The van der Waals surface area contributed by atoms with E-state index in [9.17, 15) is 19.2 Å². The monoisotopic (exact) mass is 343 g/mol. The highest BCUT2D eigenvalue weighted by Gasteiger charge is 2.26. The summed E-state index contributed by atoms with van der Waals surface area (Å²) in [6.45, 7) is 2.09. The van der Waals surface area contributed by atoms with E-state index in [0.717, 1.165) is 11.8 Å². The Kier molecular flexibility index (Phi) is 7.33. The summed E-state index contributed by atoms with van der Waals surface area (Å²) < 4.78 is 4.94. The molecular weight excluding hydrogens is 326 g/mol. The summed E-state index contributed by atoms with van der Waals surface area (Å²) in [5.74, 6) is -2.93. The number of ketones is 1. The first-order chi connectivity index (χ1) is 10.8. The van der Waals surface area contributed by atoms with E-state index in [0.29, 0.717) is 6.54 Å². The lowest BCUT2D eigenvalue weighted by Gasteiger charge is -2.13. The molecule has 126 valence electrons. The highest BCUT2D eigenvalue weighted by atomic mass is 32.2. The maximum atomic E-state index is 12.0. The van der Waals surface area contributed by atoms with Gasteiger partial charge in [0.15, 0.2) is 5.76 Å². The normalized spacial score (nSPS) is 14.7. The Bertz CT molecular complexity index is 564. The van der Waals surface area contributed by atoms with Gasteiger partial charge in [0.2, 0.25) is 11.7 Å². The van der Waals surface area contributed by atoms with Crippen LogP contribution in [0, 0.1) is 5.92 Å². The number of rotatable bonds is 8. The molecule has 0 aliphatic carbocycles. The fraction of sp³-hybridized carbons (Fsp3) is 0.429. The van der Waals surface area contributed by atoms with Gasteiger partial charge in [-0.3, -0.25) is 19.2 Å². The average Bonchev–Trinajstić information content (AvgIpc) is 3.08.